The number of nitrogens with zero attached hydrogens (tertiary/aromatic N) is 3. The topological polar surface area (TPSA) is 150 Å². The van der Waals surface area contributed by atoms with E-state index in [-0.39, 0.29) is 5.82 Å². The zero-order valence-corrected chi connectivity index (χ0v) is 10.7. The number of aliphatic hydroxyl groups is 2. The Morgan fingerprint density at radius 1 is 1.65 bits per heavy atom. The van der Waals surface area contributed by atoms with Crippen LogP contribution >= 0.6 is 0 Å². The second-order valence-corrected chi connectivity index (χ2v) is 4.37. The van der Waals surface area contributed by atoms with Crippen LogP contribution in [0.2, 0.25) is 0 Å². The van der Waals surface area contributed by atoms with Crippen LogP contribution < -0.4 is 17.2 Å². The van der Waals surface area contributed by atoms with Crippen LogP contribution in [0.4, 0.5) is 5.82 Å². The van der Waals surface area contributed by atoms with Gasteiger partial charge in [0, 0.05) is 0 Å². The molecule has 9 heteroatoms. The van der Waals surface area contributed by atoms with E-state index in [1.807, 2.05) is 0 Å². The van der Waals surface area contributed by atoms with Crippen LogP contribution in [0, 0.1) is 11.8 Å². The molecule has 1 aromatic heterocycles. The van der Waals surface area contributed by atoms with E-state index < -0.39 is 36.3 Å². The van der Waals surface area contributed by atoms with Crippen molar-refractivity contribution in [1.82, 2.24) is 14.8 Å². The fourth-order valence-electron chi connectivity index (χ4n) is 2.08. The number of aromatic nitrogens is 3. The number of rotatable bonds is 2. The molecule has 6 N–H and O–H groups in total. The molecule has 0 amide bonds. The Morgan fingerprint density at radius 2 is 2.35 bits per heavy atom. The van der Waals surface area contributed by atoms with Crippen molar-refractivity contribution in [2.75, 3.05) is 12.3 Å². The zero-order valence-electron chi connectivity index (χ0n) is 10.7. The third-order valence-corrected chi connectivity index (χ3v) is 3.03. The molecule has 2 unspecified atom stereocenters. The summed E-state index contributed by atoms with van der Waals surface area (Å²) in [6.07, 6.45) is -2.28. The monoisotopic (exact) mass is 281 g/mol. The highest BCUT2D eigenvalue weighted by molar-refractivity contribution is 5.25. The fraction of sp³-hybridized carbons (Fsp3) is 0.545. The van der Waals surface area contributed by atoms with E-state index in [1.54, 1.807) is 0 Å². The lowest BCUT2D eigenvalue weighted by atomic mass is 9.92. The molecule has 2 rings (SSSR count). The van der Waals surface area contributed by atoms with Gasteiger partial charge in [-0.25, -0.2) is 4.79 Å². The van der Waals surface area contributed by atoms with Gasteiger partial charge in [0.05, 0.1) is 12.8 Å². The number of ether oxygens (including phenoxy) is 1. The number of hydrogen-bond donors (Lipinski definition) is 4. The van der Waals surface area contributed by atoms with Gasteiger partial charge in [-0.05, 0) is 6.92 Å². The van der Waals surface area contributed by atoms with Gasteiger partial charge in [-0.2, -0.15) is 14.8 Å². The van der Waals surface area contributed by atoms with Crippen molar-refractivity contribution in [2.24, 2.45) is 5.73 Å². The minimum Gasteiger partial charge on any atom is -0.394 e. The summed E-state index contributed by atoms with van der Waals surface area (Å²) in [5.74, 6) is 5.13. The van der Waals surface area contributed by atoms with Gasteiger partial charge in [0.15, 0.2) is 11.8 Å². The normalized spacial score (nSPS) is 32.7. The standard InChI is InChI=1S/C11H15N5O4/c1-2-3-11(13)8(18)6(5-17)20-9(11)16-10(19)15-7(12)4-14-16/h4,6,8-9,17-18H,5,13H2,1H3,(H2,12,15,19)/t6-,8?,9-,11?/m1/s1. The van der Waals surface area contributed by atoms with Crippen molar-refractivity contribution in [3.8, 4) is 11.8 Å². The van der Waals surface area contributed by atoms with Crippen LogP contribution in [-0.2, 0) is 4.74 Å². The Hall–Kier alpha value is -1.99. The van der Waals surface area contributed by atoms with Crippen molar-refractivity contribution in [2.45, 2.75) is 30.9 Å². The third kappa shape index (κ3) is 2.14. The smallest absolute Gasteiger partial charge is 0.368 e. The molecule has 20 heavy (non-hydrogen) atoms. The first-order valence-corrected chi connectivity index (χ1v) is 5.82. The van der Waals surface area contributed by atoms with Gasteiger partial charge in [0.1, 0.15) is 18.0 Å². The summed E-state index contributed by atoms with van der Waals surface area (Å²) in [6.45, 7) is 1.06. The fourth-order valence-corrected chi connectivity index (χ4v) is 2.08. The van der Waals surface area contributed by atoms with Crippen LogP contribution in [-0.4, -0.2) is 49.3 Å². The molecule has 0 saturated carbocycles. The van der Waals surface area contributed by atoms with Crippen molar-refractivity contribution in [1.29, 1.82) is 0 Å². The number of nitrogen functional groups attached to an aromatic ring is 1. The van der Waals surface area contributed by atoms with Gasteiger partial charge in [-0.1, -0.05) is 5.92 Å². The van der Waals surface area contributed by atoms with E-state index in [2.05, 4.69) is 21.9 Å². The first-order chi connectivity index (χ1) is 9.43. The Kier molecular flexibility index (Phi) is 3.74. The van der Waals surface area contributed by atoms with E-state index in [4.69, 9.17) is 16.2 Å². The number of hydrogen-bond acceptors (Lipinski definition) is 8. The lowest BCUT2D eigenvalue weighted by molar-refractivity contribution is -0.0528. The Bertz CT molecular complexity index is 621. The van der Waals surface area contributed by atoms with E-state index in [9.17, 15) is 15.0 Å². The van der Waals surface area contributed by atoms with Crippen LogP contribution in [0.3, 0.4) is 0 Å². The predicted octanol–water partition coefficient (Wildman–Crippen LogP) is -2.81. The summed E-state index contributed by atoms with van der Waals surface area (Å²) in [4.78, 5) is 15.3. The second kappa shape index (κ2) is 5.18. The van der Waals surface area contributed by atoms with Crippen LogP contribution in [0.25, 0.3) is 0 Å². The van der Waals surface area contributed by atoms with Gasteiger partial charge in [-0.3, -0.25) is 0 Å². The highest BCUT2D eigenvalue weighted by atomic mass is 16.5. The molecule has 0 bridgehead atoms. The van der Waals surface area contributed by atoms with Crippen LogP contribution in [0.15, 0.2) is 11.0 Å². The molecular weight excluding hydrogens is 266 g/mol. The largest absolute Gasteiger partial charge is 0.394 e. The first kappa shape index (κ1) is 14.4. The Morgan fingerprint density at radius 3 is 2.90 bits per heavy atom. The molecule has 1 aliphatic rings. The molecule has 1 saturated heterocycles. The maximum absolute atomic E-state index is 11.8. The maximum atomic E-state index is 11.8. The average Bonchev–Trinajstić information content (AvgIpc) is 2.63. The molecule has 0 spiro atoms. The van der Waals surface area contributed by atoms with Gasteiger partial charge >= 0.3 is 5.69 Å². The van der Waals surface area contributed by atoms with Gasteiger partial charge in [0.2, 0.25) is 0 Å². The summed E-state index contributed by atoms with van der Waals surface area (Å²) < 4.78 is 6.24. The summed E-state index contributed by atoms with van der Waals surface area (Å²) in [7, 11) is 0. The highest BCUT2D eigenvalue weighted by Crippen LogP contribution is 2.34. The van der Waals surface area contributed by atoms with Gasteiger partial charge < -0.3 is 26.4 Å². The van der Waals surface area contributed by atoms with E-state index >= 15 is 0 Å². The van der Waals surface area contributed by atoms with Gasteiger partial charge in [0.25, 0.3) is 0 Å². The molecule has 4 atom stereocenters. The van der Waals surface area contributed by atoms with E-state index in [0.717, 1.165) is 10.9 Å². The zero-order chi connectivity index (χ0) is 14.9. The van der Waals surface area contributed by atoms with Crippen molar-refractivity contribution < 1.29 is 14.9 Å². The minimum absolute atomic E-state index is 0.0484. The molecule has 2 heterocycles. The summed E-state index contributed by atoms with van der Waals surface area (Å²) in [5.41, 5.74) is 9.03. The molecule has 1 aromatic rings. The average molecular weight is 281 g/mol. The van der Waals surface area contributed by atoms with Crippen molar-refractivity contribution in [3.05, 3.63) is 16.7 Å². The molecule has 0 aromatic carbocycles. The maximum Gasteiger partial charge on any atom is 0.368 e. The molecule has 0 radical (unpaired) electrons. The quantitative estimate of drug-likeness (QED) is 0.424. The van der Waals surface area contributed by atoms with Gasteiger partial charge in [-0.15, -0.1) is 5.92 Å². The first-order valence-electron chi connectivity index (χ1n) is 5.82. The number of anilines is 1. The van der Waals surface area contributed by atoms with E-state index in [0.29, 0.717) is 0 Å². The SMILES string of the molecule is CC#CC1(N)C(O)[C@@H](CO)O[C@H]1n1ncc(N)nc1=O. The number of nitrogens with two attached hydrogens (primary N) is 2. The molecule has 0 aliphatic carbocycles. The Labute approximate surface area is 114 Å². The van der Waals surface area contributed by atoms with E-state index in [1.165, 1.54) is 6.92 Å². The predicted molar refractivity (Wildman–Crippen MR) is 68.1 cm³/mol. The summed E-state index contributed by atoms with van der Waals surface area (Å²) in [6, 6.07) is 0. The number of aliphatic hydroxyl groups excluding tert-OH is 2. The summed E-state index contributed by atoms with van der Waals surface area (Å²) in [5, 5.41) is 23.1. The molecular formula is C11H15N5O4. The molecule has 9 nitrogen and oxygen atoms in total. The minimum atomic E-state index is -1.59. The Balaban J connectivity index is 2.52. The van der Waals surface area contributed by atoms with Crippen molar-refractivity contribution in [3.63, 3.8) is 0 Å². The third-order valence-electron chi connectivity index (χ3n) is 3.03. The molecule has 1 fully saturated rings. The highest BCUT2D eigenvalue weighted by Gasteiger charge is 2.54. The molecule has 108 valence electrons. The van der Waals surface area contributed by atoms with Crippen LogP contribution in [0.1, 0.15) is 13.2 Å². The molecule has 1 aliphatic heterocycles. The van der Waals surface area contributed by atoms with Crippen molar-refractivity contribution >= 4 is 5.82 Å². The van der Waals surface area contributed by atoms with Crippen LogP contribution in [0.5, 0.6) is 0 Å². The lowest BCUT2D eigenvalue weighted by Crippen LogP contribution is -2.55. The lowest BCUT2D eigenvalue weighted by Gasteiger charge is -2.26. The second-order valence-electron chi connectivity index (χ2n) is 4.37. The summed E-state index contributed by atoms with van der Waals surface area (Å²) >= 11 is 0.